The van der Waals surface area contributed by atoms with Gasteiger partial charge in [0.05, 0.1) is 24.8 Å². The Kier molecular flexibility index (Phi) is 6.33. The molecule has 1 aromatic carbocycles. The molecule has 1 aromatic heterocycles. The molecule has 0 saturated heterocycles. The molecule has 5 nitrogen and oxygen atoms in total. The first-order valence-electron chi connectivity index (χ1n) is 8.25. The van der Waals surface area contributed by atoms with Gasteiger partial charge >= 0.3 is 6.03 Å². The number of benzene rings is 1. The molecule has 0 aliphatic carbocycles. The molecule has 0 bridgehead atoms. The quantitative estimate of drug-likeness (QED) is 0.858. The fourth-order valence-corrected chi connectivity index (χ4v) is 2.93. The number of carbonyl (C=O) groups is 1. The van der Waals surface area contributed by atoms with Crippen LogP contribution in [0.25, 0.3) is 0 Å². The molecule has 0 aliphatic rings. The predicted molar refractivity (Wildman–Crippen MR) is 94.9 cm³/mol. The second kappa shape index (κ2) is 8.46. The maximum absolute atomic E-state index is 14.2. The molecule has 1 N–H and O–H groups in total. The second-order valence-corrected chi connectivity index (χ2v) is 5.84. The van der Waals surface area contributed by atoms with Crippen LogP contribution in [-0.2, 0) is 0 Å². The minimum Gasteiger partial charge on any atom is -0.496 e. The average Bonchev–Trinajstić information content (AvgIpc) is 2.62. The van der Waals surface area contributed by atoms with Gasteiger partial charge in [-0.1, -0.05) is 13.0 Å². The number of carbonyl (C=O) groups excluding carboxylic acids is 1. The van der Waals surface area contributed by atoms with Crippen LogP contribution < -0.4 is 10.1 Å². The number of hydrogen-bond donors (Lipinski definition) is 1. The SMILES string of the molecule is CC[C@@H](c1ccncc1)N(C)C(=O)N[C@@H](C)c1c(F)cccc1OC. The van der Waals surface area contributed by atoms with Crippen molar-refractivity contribution < 1.29 is 13.9 Å². The van der Waals surface area contributed by atoms with Crippen molar-refractivity contribution in [2.45, 2.75) is 32.4 Å². The zero-order valence-electron chi connectivity index (χ0n) is 15.0. The normalized spacial score (nSPS) is 13.0. The summed E-state index contributed by atoms with van der Waals surface area (Å²) in [5, 5.41) is 2.85. The average molecular weight is 345 g/mol. The second-order valence-electron chi connectivity index (χ2n) is 5.84. The van der Waals surface area contributed by atoms with Gasteiger partial charge in [-0.25, -0.2) is 9.18 Å². The lowest BCUT2D eigenvalue weighted by atomic mass is 10.0. The van der Waals surface area contributed by atoms with E-state index in [1.54, 1.807) is 43.4 Å². The molecule has 25 heavy (non-hydrogen) atoms. The smallest absolute Gasteiger partial charge is 0.318 e. The van der Waals surface area contributed by atoms with E-state index in [0.29, 0.717) is 11.3 Å². The van der Waals surface area contributed by atoms with Gasteiger partial charge < -0.3 is 15.0 Å². The number of aromatic nitrogens is 1. The highest BCUT2D eigenvalue weighted by molar-refractivity contribution is 5.75. The maximum atomic E-state index is 14.2. The van der Waals surface area contributed by atoms with E-state index in [4.69, 9.17) is 4.74 Å². The number of methoxy groups -OCH3 is 1. The number of urea groups is 1. The van der Waals surface area contributed by atoms with Crippen LogP contribution in [0.2, 0.25) is 0 Å². The molecular formula is C19H24FN3O2. The van der Waals surface area contributed by atoms with E-state index >= 15 is 0 Å². The van der Waals surface area contributed by atoms with E-state index in [0.717, 1.165) is 12.0 Å². The van der Waals surface area contributed by atoms with Crippen LogP contribution in [-0.4, -0.2) is 30.1 Å². The molecule has 0 spiro atoms. The molecule has 0 aliphatic heterocycles. The molecule has 0 fully saturated rings. The summed E-state index contributed by atoms with van der Waals surface area (Å²) in [6.07, 6.45) is 4.17. The van der Waals surface area contributed by atoms with Crippen LogP contribution in [0.1, 0.15) is 43.5 Å². The first-order chi connectivity index (χ1) is 12.0. The lowest BCUT2D eigenvalue weighted by Crippen LogP contribution is -2.40. The topological polar surface area (TPSA) is 54.5 Å². The number of ether oxygens (including phenoxy) is 1. The van der Waals surface area contributed by atoms with Crippen molar-refractivity contribution in [1.29, 1.82) is 0 Å². The van der Waals surface area contributed by atoms with Crippen molar-refractivity contribution in [2.24, 2.45) is 0 Å². The van der Waals surface area contributed by atoms with E-state index in [9.17, 15) is 9.18 Å². The summed E-state index contributed by atoms with van der Waals surface area (Å²) in [5.74, 6) is 0.00704. The van der Waals surface area contributed by atoms with Gasteiger partial charge in [0.1, 0.15) is 11.6 Å². The number of nitrogens with one attached hydrogen (secondary N) is 1. The molecule has 2 aromatic rings. The number of rotatable bonds is 6. The van der Waals surface area contributed by atoms with Crippen molar-refractivity contribution in [1.82, 2.24) is 15.2 Å². The maximum Gasteiger partial charge on any atom is 0.318 e. The van der Waals surface area contributed by atoms with Gasteiger partial charge in [0.15, 0.2) is 0 Å². The Morgan fingerprint density at radius 3 is 2.60 bits per heavy atom. The van der Waals surface area contributed by atoms with Gasteiger partial charge in [0, 0.05) is 19.4 Å². The fraction of sp³-hybridized carbons (Fsp3) is 0.368. The van der Waals surface area contributed by atoms with Crippen molar-refractivity contribution in [3.63, 3.8) is 0 Å². The van der Waals surface area contributed by atoms with Gasteiger partial charge in [-0.3, -0.25) is 4.98 Å². The number of halogens is 1. The highest BCUT2D eigenvalue weighted by Crippen LogP contribution is 2.28. The minimum absolute atomic E-state index is 0.0854. The van der Waals surface area contributed by atoms with Gasteiger partial charge in [0.25, 0.3) is 0 Å². The summed E-state index contributed by atoms with van der Waals surface area (Å²) in [7, 11) is 3.21. The monoisotopic (exact) mass is 345 g/mol. The number of nitrogens with zero attached hydrogens (tertiary/aromatic N) is 2. The zero-order valence-corrected chi connectivity index (χ0v) is 15.0. The summed E-state index contributed by atoms with van der Waals surface area (Å²) >= 11 is 0. The van der Waals surface area contributed by atoms with Crippen LogP contribution in [0.3, 0.4) is 0 Å². The third-order valence-electron chi connectivity index (χ3n) is 4.27. The standard InChI is InChI=1S/C19H24FN3O2/c1-5-16(14-9-11-21-12-10-14)23(3)19(24)22-13(2)18-15(20)7-6-8-17(18)25-4/h6-13,16H,5H2,1-4H3,(H,22,24)/t13-,16-/m0/s1. The summed E-state index contributed by atoms with van der Waals surface area (Å²) in [6.45, 7) is 3.75. The van der Waals surface area contributed by atoms with Gasteiger partial charge in [-0.2, -0.15) is 0 Å². The molecule has 0 unspecified atom stereocenters. The Morgan fingerprint density at radius 1 is 1.32 bits per heavy atom. The van der Waals surface area contributed by atoms with Crippen LogP contribution in [0.15, 0.2) is 42.7 Å². The third kappa shape index (κ3) is 4.26. The Labute approximate surface area is 147 Å². The van der Waals surface area contributed by atoms with E-state index in [-0.39, 0.29) is 12.1 Å². The summed E-state index contributed by atoms with van der Waals surface area (Å²) < 4.78 is 19.4. The molecular weight excluding hydrogens is 321 g/mol. The van der Waals surface area contributed by atoms with Gasteiger partial charge in [-0.05, 0) is 43.2 Å². The predicted octanol–water partition coefficient (Wildman–Crippen LogP) is 4.08. The Hall–Kier alpha value is -2.63. The Balaban J connectivity index is 2.15. The Bertz CT molecular complexity index is 709. The molecule has 2 amide bonds. The molecule has 0 radical (unpaired) electrons. The van der Waals surface area contributed by atoms with E-state index in [2.05, 4.69) is 10.3 Å². The van der Waals surface area contributed by atoms with E-state index < -0.39 is 11.9 Å². The molecule has 2 atom stereocenters. The number of amides is 2. The van der Waals surface area contributed by atoms with Gasteiger partial charge in [0.2, 0.25) is 0 Å². The molecule has 0 saturated carbocycles. The summed E-state index contributed by atoms with van der Waals surface area (Å²) in [5.41, 5.74) is 1.34. The van der Waals surface area contributed by atoms with Crippen LogP contribution >= 0.6 is 0 Å². The fourth-order valence-electron chi connectivity index (χ4n) is 2.93. The summed E-state index contributed by atoms with van der Waals surface area (Å²) in [6, 6.07) is 7.50. The first kappa shape index (κ1) is 18.7. The van der Waals surface area contributed by atoms with Crippen LogP contribution in [0.5, 0.6) is 5.75 Å². The van der Waals surface area contributed by atoms with Crippen molar-refractivity contribution in [3.05, 3.63) is 59.7 Å². The molecule has 6 heteroatoms. The highest BCUT2D eigenvalue weighted by Gasteiger charge is 2.24. The molecule has 1 heterocycles. The van der Waals surface area contributed by atoms with Crippen molar-refractivity contribution >= 4 is 6.03 Å². The lowest BCUT2D eigenvalue weighted by molar-refractivity contribution is 0.185. The van der Waals surface area contributed by atoms with Crippen molar-refractivity contribution in [2.75, 3.05) is 14.2 Å². The highest BCUT2D eigenvalue weighted by atomic mass is 19.1. The molecule has 2 rings (SSSR count). The van der Waals surface area contributed by atoms with Crippen LogP contribution in [0, 0.1) is 5.82 Å². The largest absolute Gasteiger partial charge is 0.496 e. The lowest BCUT2D eigenvalue weighted by Gasteiger charge is -2.29. The van der Waals surface area contributed by atoms with Gasteiger partial charge in [-0.15, -0.1) is 0 Å². The number of hydrogen-bond acceptors (Lipinski definition) is 3. The summed E-state index contributed by atoms with van der Waals surface area (Å²) in [4.78, 5) is 18.3. The van der Waals surface area contributed by atoms with E-state index in [1.807, 2.05) is 19.1 Å². The third-order valence-corrected chi connectivity index (χ3v) is 4.27. The van der Waals surface area contributed by atoms with Crippen LogP contribution in [0.4, 0.5) is 9.18 Å². The minimum atomic E-state index is -0.527. The van der Waals surface area contributed by atoms with E-state index in [1.165, 1.54) is 13.2 Å². The first-order valence-corrected chi connectivity index (χ1v) is 8.25. The molecule has 134 valence electrons. The zero-order chi connectivity index (χ0) is 18.4. The Morgan fingerprint density at radius 2 is 2.00 bits per heavy atom. The van der Waals surface area contributed by atoms with Crippen molar-refractivity contribution in [3.8, 4) is 5.75 Å². The number of pyridine rings is 1.